The monoisotopic (exact) mass is 370 g/mol. The minimum atomic E-state index is -3.90. The molecule has 1 aromatic heterocycles. The summed E-state index contributed by atoms with van der Waals surface area (Å²) in [5, 5.41) is 8.98. The van der Waals surface area contributed by atoms with Gasteiger partial charge in [-0.3, -0.25) is 9.71 Å². The fourth-order valence-corrected chi connectivity index (χ4v) is 3.25. The third-order valence-corrected chi connectivity index (χ3v) is 4.76. The van der Waals surface area contributed by atoms with Crippen molar-refractivity contribution in [2.75, 3.05) is 4.72 Å². The molecule has 0 saturated carbocycles. The molecular formula is C18H14N2O5S. The summed E-state index contributed by atoms with van der Waals surface area (Å²) in [7, 11) is -3.90. The predicted molar refractivity (Wildman–Crippen MR) is 95.0 cm³/mol. The van der Waals surface area contributed by atoms with Gasteiger partial charge in [-0.05, 0) is 54.6 Å². The van der Waals surface area contributed by atoms with Gasteiger partial charge in [0.1, 0.15) is 11.5 Å². The Kier molecular flexibility index (Phi) is 4.85. The van der Waals surface area contributed by atoms with Gasteiger partial charge in [0, 0.05) is 18.1 Å². The van der Waals surface area contributed by atoms with Crippen LogP contribution in [-0.4, -0.2) is 24.5 Å². The van der Waals surface area contributed by atoms with Crippen LogP contribution in [-0.2, 0) is 10.0 Å². The molecule has 2 aromatic carbocycles. The van der Waals surface area contributed by atoms with Crippen molar-refractivity contribution in [2.45, 2.75) is 4.90 Å². The van der Waals surface area contributed by atoms with E-state index in [-0.39, 0.29) is 10.5 Å². The van der Waals surface area contributed by atoms with E-state index in [0.717, 1.165) is 6.07 Å². The number of carboxylic acid groups (broad SMARTS) is 1. The van der Waals surface area contributed by atoms with E-state index in [0.29, 0.717) is 17.2 Å². The largest absolute Gasteiger partial charge is 0.478 e. The topological polar surface area (TPSA) is 106 Å². The van der Waals surface area contributed by atoms with Crippen molar-refractivity contribution < 1.29 is 23.1 Å². The summed E-state index contributed by atoms with van der Waals surface area (Å²) in [6.45, 7) is 0. The van der Waals surface area contributed by atoms with Crippen molar-refractivity contribution in [3.63, 3.8) is 0 Å². The number of nitrogens with zero attached hydrogens (tertiary/aromatic N) is 1. The van der Waals surface area contributed by atoms with Crippen LogP contribution in [0.4, 0.5) is 5.69 Å². The summed E-state index contributed by atoms with van der Waals surface area (Å²) in [5.41, 5.74) is 0.224. The molecule has 0 spiro atoms. The molecule has 0 aliphatic carbocycles. The number of pyridine rings is 1. The van der Waals surface area contributed by atoms with Crippen LogP contribution in [0.15, 0.2) is 78.0 Å². The molecule has 0 fully saturated rings. The number of carbonyl (C=O) groups is 1. The summed E-state index contributed by atoms with van der Waals surface area (Å²) in [6, 6.07) is 14.9. The number of hydrogen-bond donors (Lipinski definition) is 2. The van der Waals surface area contributed by atoms with Gasteiger partial charge in [0.15, 0.2) is 0 Å². The number of rotatable bonds is 6. The van der Waals surface area contributed by atoms with Crippen molar-refractivity contribution in [2.24, 2.45) is 0 Å². The van der Waals surface area contributed by atoms with Gasteiger partial charge >= 0.3 is 5.97 Å². The fourth-order valence-electron chi connectivity index (χ4n) is 2.14. The summed E-state index contributed by atoms with van der Waals surface area (Å²) < 4.78 is 32.8. The molecule has 26 heavy (non-hydrogen) atoms. The van der Waals surface area contributed by atoms with E-state index in [9.17, 15) is 13.2 Å². The van der Waals surface area contributed by atoms with Crippen LogP contribution in [0.3, 0.4) is 0 Å². The van der Waals surface area contributed by atoms with Crippen LogP contribution < -0.4 is 9.46 Å². The van der Waals surface area contributed by atoms with Crippen LogP contribution in [0, 0.1) is 0 Å². The number of benzene rings is 2. The lowest BCUT2D eigenvalue weighted by molar-refractivity contribution is 0.0696. The first-order valence-corrected chi connectivity index (χ1v) is 8.96. The Hall–Kier alpha value is -3.39. The van der Waals surface area contributed by atoms with Crippen molar-refractivity contribution >= 4 is 21.7 Å². The zero-order valence-electron chi connectivity index (χ0n) is 13.4. The van der Waals surface area contributed by atoms with Crippen LogP contribution >= 0.6 is 0 Å². The normalized spacial score (nSPS) is 10.9. The molecule has 0 amide bonds. The zero-order chi connectivity index (χ0) is 18.6. The molecular weight excluding hydrogens is 356 g/mol. The molecule has 3 rings (SSSR count). The van der Waals surface area contributed by atoms with E-state index in [1.54, 1.807) is 48.8 Å². The van der Waals surface area contributed by atoms with Crippen LogP contribution in [0.2, 0.25) is 0 Å². The maximum Gasteiger partial charge on any atom is 0.335 e. The molecule has 2 N–H and O–H groups in total. The number of carboxylic acids is 1. The number of aromatic carboxylic acids is 1. The molecule has 0 atom stereocenters. The molecule has 7 nitrogen and oxygen atoms in total. The molecule has 132 valence electrons. The summed E-state index contributed by atoms with van der Waals surface area (Å²) in [4.78, 5) is 14.8. The first-order chi connectivity index (χ1) is 12.4. The van der Waals surface area contributed by atoms with Gasteiger partial charge in [-0.25, -0.2) is 13.2 Å². The van der Waals surface area contributed by atoms with E-state index in [1.165, 1.54) is 18.2 Å². The maximum atomic E-state index is 12.4. The average molecular weight is 370 g/mol. The maximum absolute atomic E-state index is 12.4. The molecule has 1 heterocycles. The first kappa shape index (κ1) is 17.4. The Morgan fingerprint density at radius 3 is 2.27 bits per heavy atom. The summed E-state index contributed by atoms with van der Waals surface area (Å²) in [5.74, 6) is -0.0505. The second kappa shape index (κ2) is 7.24. The van der Waals surface area contributed by atoms with Gasteiger partial charge < -0.3 is 9.84 Å². The third kappa shape index (κ3) is 4.17. The van der Waals surface area contributed by atoms with Crippen molar-refractivity contribution in [1.82, 2.24) is 4.98 Å². The minimum Gasteiger partial charge on any atom is -0.478 e. The fraction of sp³-hybridized carbons (Fsp3) is 0. The molecule has 0 bridgehead atoms. The Morgan fingerprint density at radius 2 is 1.62 bits per heavy atom. The van der Waals surface area contributed by atoms with E-state index in [2.05, 4.69) is 9.71 Å². The molecule has 0 unspecified atom stereocenters. The third-order valence-electron chi connectivity index (χ3n) is 3.38. The number of sulfonamides is 1. The Balaban J connectivity index is 1.76. The average Bonchev–Trinajstić information content (AvgIpc) is 2.64. The first-order valence-electron chi connectivity index (χ1n) is 7.48. The molecule has 0 aliphatic heterocycles. The molecule has 3 aromatic rings. The smallest absolute Gasteiger partial charge is 0.335 e. The van der Waals surface area contributed by atoms with Gasteiger partial charge in [-0.2, -0.15) is 0 Å². The highest BCUT2D eigenvalue weighted by atomic mass is 32.2. The highest BCUT2D eigenvalue weighted by Gasteiger charge is 2.16. The molecule has 0 aliphatic rings. The Morgan fingerprint density at radius 1 is 0.962 bits per heavy atom. The minimum absolute atomic E-state index is 0.103. The second-order valence-corrected chi connectivity index (χ2v) is 6.93. The standard InChI is InChI=1S/C18H14N2O5S/c21-18(22)13-2-1-3-17(12-13)26(23,24)20-14-4-6-15(7-5-14)25-16-8-10-19-11-9-16/h1-12,20H,(H,21,22). The summed E-state index contributed by atoms with van der Waals surface area (Å²) >= 11 is 0. The van der Waals surface area contributed by atoms with Crippen LogP contribution in [0.5, 0.6) is 11.5 Å². The van der Waals surface area contributed by atoms with Crippen LogP contribution in [0.1, 0.15) is 10.4 Å². The lowest BCUT2D eigenvalue weighted by Gasteiger charge is -2.10. The van der Waals surface area contributed by atoms with Crippen LogP contribution in [0.25, 0.3) is 0 Å². The second-order valence-electron chi connectivity index (χ2n) is 5.25. The van der Waals surface area contributed by atoms with E-state index < -0.39 is 16.0 Å². The SMILES string of the molecule is O=C(O)c1cccc(S(=O)(=O)Nc2ccc(Oc3ccncc3)cc2)c1. The lowest BCUT2D eigenvalue weighted by Crippen LogP contribution is -2.13. The van der Waals surface area contributed by atoms with E-state index in [1.807, 2.05) is 0 Å². The highest BCUT2D eigenvalue weighted by molar-refractivity contribution is 7.92. The number of hydrogen-bond acceptors (Lipinski definition) is 5. The number of ether oxygens (including phenoxy) is 1. The van der Waals surface area contributed by atoms with E-state index in [4.69, 9.17) is 9.84 Å². The van der Waals surface area contributed by atoms with Gasteiger partial charge in [-0.15, -0.1) is 0 Å². The Labute approximate surface area is 150 Å². The quantitative estimate of drug-likeness (QED) is 0.689. The molecule has 0 radical (unpaired) electrons. The highest BCUT2D eigenvalue weighted by Crippen LogP contribution is 2.24. The van der Waals surface area contributed by atoms with Crippen molar-refractivity contribution in [3.8, 4) is 11.5 Å². The van der Waals surface area contributed by atoms with Gasteiger partial charge in [0.05, 0.1) is 10.5 Å². The number of nitrogens with one attached hydrogen (secondary N) is 1. The van der Waals surface area contributed by atoms with Crippen molar-refractivity contribution in [1.29, 1.82) is 0 Å². The molecule has 0 saturated heterocycles. The predicted octanol–water partition coefficient (Wildman–Crippen LogP) is 3.37. The van der Waals surface area contributed by atoms with Crippen molar-refractivity contribution in [3.05, 3.63) is 78.6 Å². The lowest BCUT2D eigenvalue weighted by atomic mass is 10.2. The summed E-state index contributed by atoms with van der Waals surface area (Å²) in [6.07, 6.45) is 3.20. The van der Waals surface area contributed by atoms with Gasteiger partial charge in [0.25, 0.3) is 10.0 Å². The number of anilines is 1. The Bertz CT molecular complexity index is 1020. The number of aromatic nitrogens is 1. The van der Waals surface area contributed by atoms with Gasteiger partial charge in [-0.1, -0.05) is 6.07 Å². The van der Waals surface area contributed by atoms with Gasteiger partial charge in [0.2, 0.25) is 0 Å². The zero-order valence-corrected chi connectivity index (χ0v) is 14.2. The molecule has 8 heteroatoms. The van der Waals surface area contributed by atoms with E-state index >= 15 is 0 Å².